The average Bonchev–Trinajstić information content (AvgIpc) is 3.66. The first-order valence-electron chi connectivity index (χ1n) is 25.1. The molecule has 17 heteroatoms. The number of piperidine rings is 1. The van der Waals surface area contributed by atoms with Gasteiger partial charge in [-0.15, -0.1) is 5.10 Å². The smallest absolute Gasteiger partial charge is 0.329 e. The van der Waals surface area contributed by atoms with Crippen molar-refractivity contribution in [2.75, 3.05) is 50.0 Å². The van der Waals surface area contributed by atoms with E-state index in [1.807, 2.05) is 37.5 Å². The number of carbonyl (C=O) groups excluding carboxylic acids is 3. The fraction of sp³-hybridized carbons (Fsp3) is 0.389. The number of aryl methyl sites for hydroxylation is 1. The second-order valence-electron chi connectivity index (χ2n) is 20.0. The Morgan fingerprint density at radius 1 is 0.831 bits per heavy atom. The lowest BCUT2D eigenvalue weighted by Crippen LogP contribution is -2.50. The van der Waals surface area contributed by atoms with Gasteiger partial charge in [0.1, 0.15) is 12.2 Å². The Balaban J connectivity index is 0.640. The number of rotatable bonds is 11. The molecule has 12 rings (SSSR count). The lowest BCUT2D eigenvalue weighted by molar-refractivity contribution is -0.135. The fourth-order valence-corrected chi connectivity index (χ4v) is 11.6. The van der Waals surface area contributed by atoms with Crippen molar-refractivity contribution in [1.82, 2.24) is 49.1 Å². The lowest BCUT2D eigenvalue weighted by atomic mass is 9.80. The number of hydrogen-bond acceptors (Lipinski definition) is 11. The van der Waals surface area contributed by atoms with E-state index < -0.39 is 24.2 Å². The van der Waals surface area contributed by atoms with E-state index in [4.69, 9.17) is 10.1 Å². The number of benzene rings is 3. The van der Waals surface area contributed by atoms with Crippen LogP contribution in [0.2, 0.25) is 0 Å². The van der Waals surface area contributed by atoms with Crippen LogP contribution in [0.25, 0.3) is 39.1 Å². The molecular weight excluding hydrogens is 900 g/mol. The van der Waals surface area contributed by atoms with Gasteiger partial charge in [-0.3, -0.25) is 43.6 Å². The van der Waals surface area contributed by atoms with Crippen LogP contribution < -0.4 is 26.5 Å². The Labute approximate surface area is 409 Å². The monoisotopic (exact) mass is 956 g/mol. The molecule has 71 heavy (non-hydrogen) atoms. The SMILES string of the molecule is CNc1cc(N2CCc3c(-c4ccc(CN5CCN(C6CCC(c7ccc(-c8ccc9c(c8)n(C)c(=O)n9C8CCC(=O)NC8=O)cc7)CC6)CC5)cn4)cccc32)nn2c(C(=O)N[C@@H]3CC3F)cnc12. The van der Waals surface area contributed by atoms with E-state index >= 15 is 0 Å². The molecule has 16 nitrogen and oxygen atoms in total. The molecule has 0 spiro atoms. The number of halogens is 1. The molecule has 364 valence electrons. The van der Waals surface area contributed by atoms with E-state index in [0.717, 1.165) is 85.0 Å². The van der Waals surface area contributed by atoms with Gasteiger partial charge in [0.15, 0.2) is 17.2 Å². The summed E-state index contributed by atoms with van der Waals surface area (Å²) in [5.74, 6) is 0.106. The molecule has 3 aliphatic heterocycles. The van der Waals surface area contributed by atoms with Crippen molar-refractivity contribution >= 4 is 51.6 Å². The number of amides is 3. The van der Waals surface area contributed by atoms with Crippen molar-refractivity contribution in [3.63, 3.8) is 0 Å². The molecule has 2 aliphatic carbocycles. The summed E-state index contributed by atoms with van der Waals surface area (Å²) in [7, 11) is 3.55. The van der Waals surface area contributed by atoms with Gasteiger partial charge in [0.2, 0.25) is 11.8 Å². The highest BCUT2D eigenvalue weighted by Gasteiger charge is 2.40. The van der Waals surface area contributed by atoms with E-state index in [1.165, 1.54) is 53.1 Å². The Hall–Kier alpha value is -7.24. The van der Waals surface area contributed by atoms with Crippen LogP contribution in [0.1, 0.15) is 84.1 Å². The van der Waals surface area contributed by atoms with E-state index in [0.29, 0.717) is 41.8 Å². The van der Waals surface area contributed by atoms with Crippen molar-refractivity contribution in [2.24, 2.45) is 7.05 Å². The standard InChI is InChI=1S/C54H57FN12O4/c1-56-43-28-49(61-67-48(30-58-51(43)67)53(70)59-42-27-40(42)55)65-21-20-39-38(4-3-5-44(39)65)41-16-6-32(29-57-41)31-63-22-24-64(25-23-63)37-14-11-34(12-15-37)33-7-9-35(10-8-33)36-13-17-45-47(26-36)62(2)54(71)66(45)46-18-19-50(68)60-52(46)69/h3-10,13,16-17,26,28-30,34,37,40,42,46,56H,11-12,14-15,18-25,27,31H2,1-2H3,(H,59,70)(H,60,68,69)/t34?,37?,40?,42-,46?/m1/s1. The van der Waals surface area contributed by atoms with Gasteiger partial charge >= 0.3 is 5.69 Å². The summed E-state index contributed by atoms with van der Waals surface area (Å²) in [6, 6.07) is 26.9. The lowest BCUT2D eigenvalue weighted by Gasteiger charge is -2.42. The molecule has 3 aromatic carbocycles. The molecule has 0 radical (unpaired) electrons. The predicted molar refractivity (Wildman–Crippen MR) is 270 cm³/mol. The number of hydrogen-bond donors (Lipinski definition) is 3. The van der Waals surface area contributed by atoms with Gasteiger partial charge in [-0.25, -0.2) is 18.7 Å². The summed E-state index contributed by atoms with van der Waals surface area (Å²) in [5, 5.41) is 13.2. The van der Waals surface area contributed by atoms with Gasteiger partial charge < -0.3 is 15.5 Å². The zero-order valence-corrected chi connectivity index (χ0v) is 40.0. The fourth-order valence-electron chi connectivity index (χ4n) is 11.6. The number of anilines is 3. The second kappa shape index (κ2) is 18.2. The summed E-state index contributed by atoms with van der Waals surface area (Å²) in [4.78, 5) is 67.7. The van der Waals surface area contributed by atoms with E-state index in [-0.39, 0.29) is 29.6 Å². The number of aromatic nitrogens is 6. The minimum Gasteiger partial charge on any atom is -0.385 e. The number of carbonyl (C=O) groups is 3. The third kappa shape index (κ3) is 8.33. The highest BCUT2D eigenvalue weighted by atomic mass is 19.1. The molecule has 0 bridgehead atoms. The van der Waals surface area contributed by atoms with Crippen LogP contribution in [0.15, 0.2) is 96.1 Å². The van der Waals surface area contributed by atoms with Crippen molar-refractivity contribution in [2.45, 2.75) is 88.1 Å². The van der Waals surface area contributed by atoms with Gasteiger partial charge in [0.25, 0.3) is 5.91 Å². The summed E-state index contributed by atoms with van der Waals surface area (Å²) >= 11 is 0. The van der Waals surface area contributed by atoms with Crippen molar-refractivity contribution in [1.29, 1.82) is 0 Å². The minimum atomic E-state index is -1.00. The van der Waals surface area contributed by atoms with Crippen LogP contribution in [0, 0.1) is 0 Å². The van der Waals surface area contributed by atoms with E-state index in [9.17, 15) is 23.6 Å². The average molecular weight is 957 g/mol. The molecule has 2 saturated heterocycles. The minimum absolute atomic E-state index is 0.213. The van der Waals surface area contributed by atoms with Gasteiger partial charge in [-0.1, -0.05) is 48.5 Å². The van der Waals surface area contributed by atoms with E-state index in [1.54, 1.807) is 16.1 Å². The maximum absolute atomic E-state index is 13.6. The molecule has 3 N–H and O–H groups in total. The third-order valence-electron chi connectivity index (χ3n) is 15.7. The van der Waals surface area contributed by atoms with Crippen molar-refractivity contribution in [3.8, 4) is 22.4 Å². The molecule has 2 unspecified atom stereocenters. The largest absolute Gasteiger partial charge is 0.385 e. The number of alkyl halides is 1. The van der Waals surface area contributed by atoms with Crippen LogP contribution in [0.3, 0.4) is 0 Å². The normalized spacial score (nSPS) is 22.7. The second-order valence-corrected chi connectivity index (χ2v) is 20.0. The summed E-state index contributed by atoms with van der Waals surface area (Å²) in [6.45, 7) is 5.80. The van der Waals surface area contributed by atoms with Gasteiger partial charge in [-0.05, 0) is 96.5 Å². The molecule has 2 saturated carbocycles. The molecule has 5 aliphatic rings. The molecule has 7 heterocycles. The number of pyridine rings is 1. The maximum atomic E-state index is 13.6. The zero-order chi connectivity index (χ0) is 48.5. The highest BCUT2D eigenvalue weighted by molar-refractivity contribution is 6.00. The van der Waals surface area contributed by atoms with Gasteiger partial charge in [-0.2, -0.15) is 0 Å². The topological polar surface area (TPSA) is 167 Å². The molecule has 3 amide bonds. The van der Waals surface area contributed by atoms with Crippen LogP contribution in [-0.4, -0.2) is 114 Å². The molecule has 4 aromatic heterocycles. The first-order valence-corrected chi connectivity index (χ1v) is 25.1. The Morgan fingerprint density at radius 2 is 1.62 bits per heavy atom. The number of nitrogens with zero attached hydrogens (tertiary/aromatic N) is 9. The predicted octanol–water partition coefficient (Wildman–Crippen LogP) is 6.51. The number of piperazine rings is 1. The Kier molecular flexibility index (Phi) is 11.5. The molecule has 4 fully saturated rings. The highest BCUT2D eigenvalue weighted by Crippen LogP contribution is 2.41. The first-order chi connectivity index (χ1) is 34.6. The third-order valence-corrected chi connectivity index (χ3v) is 15.7. The zero-order valence-electron chi connectivity index (χ0n) is 40.0. The van der Waals surface area contributed by atoms with Crippen molar-refractivity contribution < 1.29 is 18.8 Å². The van der Waals surface area contributed by atoms with Crippen LogP contribution in [-0.2, 0) is 29.6 Å². The molecule has 3 atom stereocenters. The quantitative estimate of drug-likeness (QED) is 0.121. The molecular formula is C54H57FN12O4. The Bertz CT molecular complexity index is 3280. The first kappa shape index (κ1) is 44.9. The summed E-state index contributed by atoms with van der Waals surface area (Å²) in [5.41, 5.74) is 11.7. The summed E-state index contributed by atoms with van der Waals surface area (Å²) < 4.78 is 18.3. The maximum Gasteiger partial charge on any atom is 0.329 e. The van der Waals surface area contributed by atoms with Crippen LogP contribution in [0.5, 0.6) is 0 Å². The molecule has 7 aromatic rings. The van der Waals surface area contributed by atoms with Gasteiger partial charge in [0.05, 0.1) is 34.7 Å². The van der Waals surface area contributed by atoms with E-state index in [2.05, 4.69) is 90.2 Å². The van der Waals surface area contributed by atoms with Crippen LogP contribution >= 0.6 is 0 Å². The summed E-state index contributed by atoms with van der Waals surface area (Å²) in [6.07, 6.45) is 8.94. The Morgan fingerprint density at radius 3 is 2.35 bits per heavy atom. The number of imide groups is 1. The number of fused-ring (bicyclic) bond motifs is 3. The van der Waals surface area contributed by atoms with Crippen LogP contribution in [0.4, 0.5) is 21.6 Å². The van der Waals surface area contributed by atoms with Gasteiger partial charge in [0, 0.05) is 95.8 Å². The van der Waals surface area contributed by atoms with Crippen molar-refractivity contribution in [3.05, 3.63) is 124 Å². The number of imidazole rings is 2. The number of nitrogens with one attached hydrogen (secondary N) is 3.